The maximum Gasteiger partial charge on any atom is 0.162 e. The summed E-state index contributed by atoms with van der Waals surface area (Å²) in [5, 5.41) is 0. The molecule has 0 atom stereocenters. The van der Waals surface area contributed by atoms with Gasteiger partial charge in [-0.1, -0.05) is 13.8 Å². The lowest BCUT2D eigenvalue weighted by Gasteiger charge is -2.11. The molecule has 0 aliphatic rings. The SMILES string of the molecule is CC(C)Cc1nc(-c2cc(F)cc(F)c2)nc(N)c1I. The van der Waals surface area contributed by atoms with Crippen LogP contribution >= 0.6 is 22.6 Å². The summed E-state index contributed by atoms with van der Waals surface area (Å²) >= 11 is 2.09. The number of nitrogen functional groups attached to an aromatic ring is 1. The molecular formula is C14H14F2IN3. The average molecular weight is 389 g/mol. The zero-order valence-electron chi connectivity index (χ0n) is 11.1. The van der Waals surface area contributed by atoms with Gasteiger partial charge < -0.3 is 5.73 Å². The van der Waals surface area contributed by atoms with E-state index in [1.54, 1.807) is 0 Å². The summed E-state index contributed by atoms with van der Waals surface area (Å²) in [6.07, 6.45) is 0.732. The molecule has 0 saturated heterocycles. The van der Waals surface area contributed by atoms with E-state index in [4.69, 9.17) is 5.73 Å². The maximum absolute atomic E-state index is 13.3. The van der Waals surface area contributed by atoms with Gasteiger partial charge in [-0.25, -0.2) is 18.7 Å². The minimum atomic E-state index is -0.661. The highest BCUT2D eigenvalue weighted by atomic mass is 127. The van der Waals surface area contributed by atoms with Crippen LogP contribution < -0.4 is 5.73 Å². The van der Waals surface area contributed by atoms with Crippen molar-refractivity contribution < 1.29 is 8.78 Å². The second-order valence-corrected chi connectivity index (χ2v) is 6.03. The van der Waals surface area contributed by atoms with Gasteiger partial charge in [-0.3, -0.25) is 0 Å². The molecule has 0 unspecified atom stereocenters. The zero-order chi connectivity index (χ0) is 14.9. The van der Waals surface area contributed by atoms with E-state index in [9.17, 15) is 8.78 Å². The van der Waals surface area contributed by atoms with Crippen molar-refractivity contribution in [2.45, 2.75) is 20.3 Å². The molecule has 0 saturated carbocycles. The first kappa shape index (κ1) is 15.1. The van der Waals surface area contributed by atoms with Gasteiger partial charge in [0.2, 0.25) is 0 Å². The fraction of sp³-hybridized carbons (Fsp3) is 0.286. The van der Waals surface area contributed by atoms with Crippen LogP contribution in [-0.2, 0) is 6.42 Å². The molecule has 0 bridgehead atoms. The summed E-state index contributed by atoms with van der Waals surface area (Å²) < 4.78 is 27.3. The van der Waals surface area contributed by atoms with Gasteiger partial charge in [-0.2, -0.15) is 0 Å². The molecular weight excluding hydrogens is 375 g/mol. The van der Waals surface area contributed by atoms with Crippen LogP contribution in [0.3, 0.4) is 0 Å². The molecule has 1 heterocycles. The average Bonchev–Trinajstić information content (AvgIpc) is 2.32. The van der Waals surface area contributed by atoms with Gasteiger partial charge in [0, 0.05) is 11.6 Å². The lowest BCUT2D eigenvalue weighted by molar-refractivity contribution is 0.583. The van der Waals surface area contributed by atoms with E-state index in [2.05, 4.69) is 46.4 Å². The predicted molar refractivity (Wildman–Crippen MR) is 83.1 cm³/mol. The molecule has 2 rings (SSSR count). The molecule has 1 aromatic heterocycles. The summed E-state index contributed by atoms with van der Waals surface area (Å²) in [5.74, 6) is -0.347. The molecule has 3 nitrogen and oxygen atoms in total. The monoisotopic (exact) mass is 389 g/mol. The second-order valence-electron chi connectivity index (χ2n) is 4.95. The van der Waals surface area contributed by atoms with Crippen LogP contribution in [0.25, 0.3) is 11.4 Å². The number of anilines is 1. The largest absolute Gasteiger partial charge is 0.383 e. The smallest absolute Gasteiger partial charge is 0.162 e. The van der Waals surface area contributed by atoms with E-state index in [0.717, 1.165) is 21.8 Å². The van der Waals surface area contributed by atoms with Crippen LogP contribution in [0.4, 0.5) is 14.6 Å². The summed E-state index contributed by atoms with van der Waals surface area (Å²) in [4.78, 5) is 8.51. The molecule has 0 fully saturated rings. The van der Waals surface area contributed by atoms with Crippen LogP contribution in [0.1, 0.15) is 19.5 Å². The van der Waals surface area contributed by atoms with Crippen molar-refractivity contribution in [1.29, 1.82) is 0 Å². The summed E-state index contributed by atoms with van der Waals surface area (Å²) in [5.41, 5.74) is 6.95. The van der Waals surface area contributed by atoms with Gasteiger partial charge in [0.05, 0.1) is 9.26 Å². The van der Waals surface area contributed by atoms with E-state index in [1.807, 2.05) is 0 Å². The van der Waals surface area contributed by atoms with E-state index in [-0.39, 0.29) is 11.4 Å². The predicted octanol–water partition coefficient (Wildman–Crippen LogP) is 3.81. The molecule has 6 heteroatoms. The number of rotatable bonds is 3. The van der Waals surface area contributed by atoms with Gasteiger partial charge >= 0.3 is 0 Å². The van der Waals surface area contributed by atoms with Gasteiger partial charge in [0.1, 0.15) is 17.5 Å². The molecule has 2 aromatic rings. The van der Waals surface area contributed by atoms with Crippen LogP contribution in [0.15, 0.2) is 18.2 Å². The molecule has 2 N–H and O–H groups in total. The van der Waals surface area contributed by atoms with Crippen LogP contribution in [-0.4, -0.2) is 9.97 Å². The Balaban J connectivity index is 2.54. The second kappa shape index (κ2) is 5.99. The van der Waals surface area contributed by atoms with Gasteiger partial charge in [0.25, 0.3) is 0 Å². The number of benzene rings is 1. The van der Waals surface area contributed by atoms with Crippen molar-refractivity contribution in [3.05, 3.63) is 39.1 Å². The first-order valence-corrected chi connectivity index (χ1v) is 7.23. The summed E-state index contributed by atoms with van der Waals surface area (Å²) in [6, 6.07) is 3.21. The first-order chi connectivity index (χ1) is 9.36. The van der Waals surface area contributed by atoms with Crippen molar-refractivity contribution in [2.24, 2.45) is 5.92 Å². The quantitative estimate of drug-likeness (QED) is 0.813. The minimum Gasteiger partial charge on any atom is -0.383 e. The number of aromatic nitrogens is 2. The Labute approximate surface area is 129 Å². The highest BCUT2D eigenvalue weighted by Gasteiger charge is 2.14. The Bertz CT molecular complexity index is 624. The molecule has 0 spiro atoms. The Morgan fingerprint density at radius 3 is 2.30 bits per heavy atom. The third-order valence-electron chi connectivity index (χ3n) is 2.67. The van der Waals surface area contributed by atoms with Gasteiger partial charge in [0.15, 0.2) is 5.82 Å². The number of nitrogens with zero attached hydrogens (tertiary/aromatic N) is 2. The number of halogens is 3. The molecule has 0 radical (unpaired) electrons. The Morgan fingerprint density at radius 1 is 1.15 bits per heavy atom. The van der Waals surface area contributed by atoms with Crippen molar-refractivity contribution in [3.8, 4) is 11.4 Å². The Morgan fingerprint density at radius 2 is 1.75 bits per heavy atom. The van der Waals surface area contributed by atoms with Gasteiger partial charge in [-0.15, -0.1) is 0 Å². The zero-order valence-corrected chi connectivity index (χ0v) is 13.3. The Hall–Kier alpha value is -1.31. The molecule has 20 heavy (non-hydrogen) atoms. The van der Waals surface area contributed by atoms with Gasteiger partial charge in [-0.05, 0) is 47.1 Å². The van der Waals surface area contributed by atoms with Crippen LogP contribution in [0.2, 0.25) is 0 Å². The van der Waals surface area contributed by atoms with E-state index in [1.165, 1.54) is 12.1 Å². The highest BCUT2D eigenvalue weighted by molar-refractivity contribution is 14.1. The normalized spacial score (nSPS) is 11.1. The molecule has 0 amide bonds. The lowest BCUT2D eigenvalue weighted by atomic mass is 10.1. The minimum absolute atomic E-state index is 0.247. The standard InChI is InChI=1S/C14H14F2IN3/c1-7(2)3-11-12(17)13(18)20-14(19-11)8-4-9(15)6-10(16)5-8/h4-7H,3H2,1-2H3,(H2,18,19,20). The van der Waals surface area contributed by atoms with E-state index < -0.39 is 11.6 Å². The third kappa shape index (κ3) is 3.41. The molecule has 1 aromatic carbocycles. The fourth-order valence-corrected chi connectivity index (χ4v) is 2.31. The highest BCUT2D eigenvalue weighted by Crippen LogP contribution is 2.25. The molecule has 106 valence electrons. The van der Waals surface area contributed by atoms with E-state index in [0.29, 0.717) is 11.7 Å². The topological polar surface area (TPSA) is 51.8 Å². The first-order valence-electron chi connectivity index (χ1n) is 6.15. The van der Waals surface area contributed by atoms with Crippen molar-refractivity contribution >= 4 is 28.4 Å². The van der Waals surface area contributed by atoms with Crippen LogP contribution in [0, 0.1) is 21.1 Å². The Kier molecular flexibility index (Phi) is 4.52. The third-order valence-corrected chi connectivity index (χ3v) is 3.84. The maximum atomic E-state index is 13.3. The van der Waals surface area contributed by atoms with Crippen LogP contribution in [0.5, 0.6) is 0 Å². The molecule has 0 aliphatic heterocycles. The fourth-order valence-electron chi connectivity index (χ4n) is 1.85. The number of hydrogen-bond acceptors (Lipinski definition) is 3. The number of hydrogen-bond donors (Lipinski definition) is 1. The van der Waals surface area contributed by atoms with Crippen molar-refractivity contribution in [1.82, 2.24) is 9.97 Å². The number of nitrogens with two attached hydrogens (primary N) is 1. The van der Waals surface area contributed by atoms with Crippen molar-refractivity contribution in [3.63, 3.8) is 0 Å². The summed E-state index contributed by atoms with van der Waals surface area (Å²) in [6.45, 7) is 4.13. The summed E-state index contributed by atoms with van der Waals surface area (Å²) in [7, 11) is 0. The van der Waals surface area contributed by atoms with E-state index >= 15 is 0 Å². The molecule has 0 aliphatic carbocycles. The van der Waals surface area contributed by atoms with Crippen molar-refractivity contribution in [2.75, 3.05) is 5.73 Å². The lowest BCUT2D eigenvalue weighted by Crippen LogP contribution is -2.07.